The van der Waals surface area contributed by atoms with Crippen LogP contribution in [0.4, 0.5) is 0 Å². The lowest BCUT2D eigenvalue weighted by Gasteiger charge is -2.29. The first-order valence-electron chi connectivity index (χ1n) is 11.0. The van der Waals surface area contributed by atoms with Crippen molar-refractivity contribution in [2.45, 2.75) is 39.7 Å². The highest BCUT2D eigenvalue weighted by atomic mass is 16.5. The van der Waals surface area contributed by atoms with Gasteiger partial charge >= 0.3 is 5.69 Å². The van der Waals surface area contributed by atoms with E-state index < -0.39 is 45.5 Å². The van der Waals surface area contributed by atoms with Gasteiger partial charge in [-0.05, 0) is 27.7 Å². The molecule has 2 aromatic rings. The molecule has 1 aromatic carbocycles. The fourth-order valence-electron chi connectivity index (χ4n) is 4.62. The van der Waals surface area contributed by atoms with Crippen LogP contribution < -0.4 is 21.3 Å². The summed E-state index contributed by atoms with van der Waals surface area (Å²) in [7, 11) is 2.85. The molecule has 0 saturated carbocycles. The lowest BCUT2D eigenvalue weighted by atomic mass is 9.70. The molecule has 1 atom stereocenters. The number of allylic oxidation sites excluding steroid dienone is 4. The van der Waals surface area contributed by atoms with Gasteiger partial charge in [0, 0.05) is 43.2 Å². The van der Waals surface area contributed by atoms with E-state index in [-0.39, 0.29) is 46.0 Å². The number of ketones is 3. The van der Waals surface area contributed by atoms with E-state index in [4.69, 9.17) is 4.74 Å². The number of ether oxygens (including phenoxy) is 1. The molecule has 188 valence electrons. The molecule has 3 N–H and O–H groups in total. The molecule has 1 aliphatic heterocycles. The Hall–Kier alpha value is -4.41. The normalized spacial score (nSPS) is 19.9. The molecule has 11 heteroatoms. The number of carbonyl (C=O) groups excluding carboxylic acids is 3. The Morgan fingerprint density at radius 3 is 2.33 bits per heavy atom. The van der Waals surface area contributed by atoms with Gasteiger partial charge in [0.25, 0.3) is 5.56 Å². The van der Waals surface area contributed by atoms with Gasteiger partial charge in [-0.1, -0.05) is 0 Å². The largest absolute Gasteiger partial charge is 0.507 e. The van der Waals surface area contributed by atoms with Gasteiger partial charge in [0.1, 0.15) is 34.0 Å². The van der Waals surface area contributed by atoms with Gasteiger partial charge < -0.3 is 20.3 Å². The molecule has 0 fully saturated rings. The molecule has 0 spiro atoms. The van der Waals surface area contributed by atoms with Crippen molar-refractivity contribution >= 4 is 17.3 Å². The number of nitrogens with zero attached hydrogens (tertiary/aromatic N) is 2. The highest BCUT2D eigenvalue weighted by molar-refractivity contribution is 6.31. The second kappa shape index (κ2) is 8.08. The maximum atomic E-state index is 13.8. The molecular formula is C25H25N3O8. The van der Waals surface area contributed by atoms with Crippen LogP contribution in [0.3, 0.4) is 0 Å². The van der Waals surface area contributed by atoms with E-state index in [2.05, 4.69) is 5.32 Å². The lowest BCUT2D eigenvalue weighted by Crippen LogP contribution is -2.41. The first-order valence-corrected chi connectivity index (χ1v) is 11.0. The summed E-state index contributed by atoms with van der Waals surface area (Å²) < 4.78 is 7.96. The molecule has 2 aliphatic rings. The Kier molecular flexibility index (Phi) is 5.54. The summed E-state index contributed by atoms with van der Waals surface area (Å²) in [6, 6.07) is 1.27. The van der Waals surface area contributed by atoms with Crippen molar-refractivity contribution in [1.82, 2.24) is 14.5 Å². The number of aromatic hydroxyl groups is 2. The third-order valence-corrected chi connectivity index (χ3v) is 6.92. The molecular weight excluding hydrogens is 470 g/mol. The van der Waals surface area contributed by atoms with Gasteiger partial charge in [0.05, 0.1) is 17.7 Å². The molecule has 11 nitrogen and oxygen atoms in total. The second-order valence-corrected chi connectivity index (χ2v) is 9.11. The van der Waals surface area contributed by atoms with Crippen LogP contribution in [0.5, 0.6) is 17.2 Å². The van der Waals surface area contributed by atoms with Gasteiger partial charge in [-0.15, -0.1) is 0 Å². The van der Waals surface area contributed by atoms with Crippen LogP contribution in [0.25, 0.3) is 0 Å². The summed E-state index contributed by atoms with van der Waals surface area (Å²) in [4.78, 5) is 63.3. The van der Waals surface area contributed by atoms with E-state index in [1.165, 1.54) is 52.4 Å². The molecule has 1 aliphatic carbocycles. The number of nitrogens with one attached hydrogen (secondary N) is 1. The molecule has 4 rings (SSSR count). The van der Waals surface area contributed by atoms with Crippen LogP contribution in [0, 0.1) is 6.92 Å². The van der Waals surface area contributed by atoms with Crippen LogP contribution in [-0.2, 0) is 35.6 Å². The molecule has 0 amide bonds. The number of benzene rings is 1. The van der Waals surface area contributed by atoms with E-state index in [1.807, 2.05) is 0 Å². The lowest BCUT2D eigenvalue weighted by molar-refractivity contribution is -0.123. The maximum Gasteiger partial charge on any atom is 0.330 e. The summed E-state index contributed by atoms with van der Waals surface area (Å²) in [5.74, 6) is -2.99. The van der Waals surface area contributed by atoms with Gasteiger partial charge in [0.2, 0.25) is 0 Å². The summed E-state index contributed by atoms with van der Waals surface area (Å²) in [6.07, 6.45) is 1.12. The van der Waals surface area contributed by atoms with Crippen molar-refractivity contribution in [3.8, 4) is 17.2 Å². The molecule has 2 heterocycles. The fraction of sp³-hybridized carbons (Fsp3) is 0.320. The van der Waals surface area contributed by atoms with E-state index in [0.29, 0.717) is 5.69 Å². The second-order valence-electron chi connectivity index (χ2n) is 9.11. The summed E-state index contributed by atoms with van der Waals surface area (Å²) >= 11 is 0. The zero-order chi connectivity index (χ0) is 26.9. The first-order chi connectivity index (χ1) is 16.7. The minimum Gasteiger partial charge on any atom is -0.507 e. The first kappa shape index (κ1) is 24.7. The summed E-state index contributed by atoms with van der Waals surface area (Å²) in [5, 5.41) is 24.2. The monoisotopic (exact) mass is 495 g/mol. The Morgan fingerprint density at radius 1 is 1.08 bits per heavy atom. The van der Waals surface area contributed by atoms with Crippen molar-refractivity contribution in [3.63, 3.8) is 0 Å². The van der Waals surface area contributed by atoms with Crippen LogP contribution in [0.1, 0.15) is 48.0 Å². The van der Waals surface area contributed by atoms with Gasteiger partial charge in [-0.3, -0.25) is 28.3 Å². The number of carbonyl (C=O) groups is 3. The predicted molar refractivity (Wildman–Crippen MR) is 127 cm³/mol. The summed E-state index contributed by atoms with van der Waals surface area (Å²) in [6.45, 7) is 5.57. The highest BCUT2D eigenvalue weighted by Crippen LogP contribution is 2.57. The minimum absolute atomic E-state index is 0.00155. The zero-order valence-corrected chi connectivity index (χ0v) is 20.6. The quantitative estimate of drug-likeness (QED) is 0.316. The maximum absolute atomic E-state index is 13.8. The van der Waals surface area contributed by atoms with Crippen molar-refractivity contribution in [2.24, 2.45) is 14.1 Å². The number of hydrogen-bond donors (Lipinski definition) is 3. The average molecular weight is 495 g/mol. The number of phenols is 2. The van der Waals surface area contributed by atoms with Crippen molar-refractivity contribution < 1.29 is 29.3 Å². The van der Waals surface area contributed by atoms with E-state index in [9.17, 15) is 34.2 Å². The highest BCUT2D eigenvalue weighted by Gasteiger charge is 2.56. The van der Waals surface area contributed by atoms with Gasteiger partial charge in [-0.2, -0.15) is 0 Å². The molecule has 36 heavy (non-hydrogen) atoms. The zero-order valence-electron chi connectivity index (χ0n) is 20.6. The summed E-state index contributed by atoms with van der Waals surface area (Å²) in [5.41, 5.74) is -2.54. The Morgan fingerprint density at radius 2 is 1.72 bits per heavy atom. The molecule has 0 unspecified atom stereocenters. The number of hydrogen-bond acceptors (Lipinski definition) is 9. The number of aromatic nitrogens is 2. The van der Waals surface area contributed by atoms with E-state index >= 15 is 0 Å². The van der Waals surface area contributed by atoms with Crippen molar-refractivity contribution in [1.29, 1.82) is 0 Å². The van der Waals surface area contributed by atoms with Crippen LogP contribution in [0.15, 0.2) is 38.8 Å². The minimum atomic E-state index is -1.64. The number of phenolic OH excluding ortho intramolecular Hbond substituents is 2. The van der Waals surface area contributed by atoms with Crippen LogP contribution in [-0.4, -0.2) is 36.7 Å². The smallest absolute Gasteiger partial charge is 0.330 e. The van der Waals surface area contributed by atoms with Crippen LogP contribution in [0.2, 0.25) is 0 Å². The van der Waals surface area contributed by atoms with Crippen molar-refractivity contribution in [2.75, 3.05) is 0 Å². The fourth-order valence-corrected chi connectivity index (χ4v) is 4.62. The standard InChI is InChI=1S/C25H25N3O8/c1-10-20(32)18(12(3)29)22-19(21(10)33)25(4)15(36-22)8-14(30)17(23(25)34)11(2)26-9-13-7-16(31)28(6)24(35)27(13)5/h7-8,26,32-33H,9H2,1-6H3/t25-/m0/s1. The predicted octanol–water partition coefficient (Wildman–Crippen LogP) is 0.756. The topological polar surface area (TPSA) is 157 Å². The third kappa shape index (κ3) is 3.23. The molecule has 1 aromatic heterocycles. The third-order valence-electron chi connectivity index (χ3n) is 6.92. The van der Waals surface area contributed by atoms with Crippen LogP contribution >= 0.6 is 0 Å². The Bertz CT molecular complexity index is 1590. The molecule has 0 bridgehead atoms. The number of rotatable bonds is 4. The number of fused-ring (bicyclic) bond motifs is 3. The SMILES string of the molecule is CC(=O)c1c(O)c(C)c(O)c2c1OC1=CC(=O)C(=C(C)NCc3cc(=O)n(C)c(=O)n3C)C(=O)[C@@]12C. The van der Waals surface area contributed by atoms with E-state index in [1.54, 1.807) is 0 Å². The number of Topliss-reactive ketones (excluding diaryl/α,β-unsaturated/α-hetero) is 2. The Labute approximate surface area is 204 Å². The Balaban J connectivity index is 1.82. The van der Waals surface area contributed by atoms with Gasteiger partial charge in [-0.25, -0.2) is 4.79 Å². The molecule has 0 radical (unpaired) electrons. The van der Waals surface area contributed by atoms with E-state index in [0.717, 1.165) is 10.6 Å². The average Bonchev–Trinajstić information content (AvgIpc) is 3.10. The van der Waals surface area contributed by atoms with Crippen molar-refractivity contribution in [3.05, 3.63) is 72.4 Å². The van der Waals surface area contributed by atoms with Gasteiger partial charge in [0.15, 0.2) is 17.3 Å². The molecule has 0 saturated heterocycles.